The van der Waals surface area contributed by atoms with Crippen LogP contribution in [0.15, 0.2) is 24.4 Å². The van der Waals surface area contributed by atoms with Crippen LogP contribution in [0.25, 0.3) is 0 Å². The topological polar surface area (TPSA) is 151 Å². The van der Waals surface area contributed by atoms with E-state index in [-0.39, 0.29) is 18.5 Å². The minimum Gasteiger partial charge on any atom is -0.481 e. The highest BCUT2D eigenvalue weighted by molar-refractivity contribution is 5.85. The number of aliphatic carboxylic acids is 2. The van der Waals surface area contributed by atoms with Gasteiger partial charge in [0, 0.05) is 12.6 Å². The molecule has 1 aromatic heterocycles. The Morgan fingerprint density at radius 3 is 2.16 bits per heavy atom. The van der Waals surface area contributed by atoms with Crippen molar-refractivity contribution in [3.63, 3.8) is 0 Å². The van der Waals surface area contributed by atoms with Gasteiger partial charge in [-0.3, -0.25) is 9.59 Å². The van der Waals surface area contributed by atoms with Gasteiger partial charge in [0.1, 0.15) is 11.7 Å². The number of aromatic nitrogens is 1. The second kappa shape index (κ2) is 8.59. The molecule has 0 amide bonds. The van der Waals surface area contributed by atoms with Gasteiger partial charge in [0.15, 0.2) is 0 Å². The van der Waals surface area contributed by atoms with Crippen molar-refractivity contribution in [3.05, 3.63) is 30.1 Å². The van der Waals surface area contributed by atoms with Crippen LogP contribution < -0.4 is 5.73 Å². The van der Waals surface area contributed by atoms with Crippen LogP contribution >= 0.6 is 0 Å². The highest BCUT2D eigenvalue weighted by Crippen LogP contribution is 1.93. The highest BCUT2D eigenvalue weighted by Gasteiger charge is 2.12. The van der Waals surface area contributed by atoms with E-state index < -0.39 is 23.9 Å². The molecule has 8 nitrogen and oxygen atoms in total. The van der Waals surface area contributed by atoms with Crippen molar-refractivity contribution >= 4 is 17.9 Å². The number of aromatic carboxylic acids is 1. The van der Waals surface area contributed by atoms with Gasteiger partial charge in [-0.15, -0.1) is 0 Å². The molecule has 8 heteroatoms. The highest BCUT2D eigenvalue weighted by atomic mass is 16.4. The second-order valence-electron chi connectivity index (χ2n) is 3.40. The molecule has 104 valence electrons. The van der Waals surface area contributed by atoms with E-state index in [1.54, 1.807) is 12.1 Å². The average molecular weight is 270 g/mol. The van der Waals surface area contributed by atoms with Crippen LogP contribution in [0.2, 0.25) is 0 Å². The third kappa shape index (κ3) is 8.27. The van der Waals surface area contributed by atoms with Crippen LogP contribution in [0.1, 0.15) is 23.3 Å². The predicted octanol–water partition coefficient (Wildman–Crippen LogP) is 0.0429. The Morgan fingerprint density at radius 1 is 1.21 bits per heavy atom. The van der Waals surface area contributed by atoms with E-state index in [0.29, 0.717) is 0 Å². The summed E-state index contributed by atoms with van der Waals surface area (Å²) in [6.07, 6.45) is 1.22. The molecule has 0 aromatic carbocycles. The number of hydrogen-bond donors (Lipinski definition) is 4. The van der Waals surface area contributed by atoms with E-state index in [0.717, 1.165) is 0 Å². The number of carboxylic acids is 3. The number of carbonyl (C=O) groups is 3. The Hall–Kier alpha value is -2.48. The van der Waals surface area contributed by atoms with Crippen molar-refractivity contribution in [2.75, 3.05) is 0 Å². The minimum atomic E-state index is -1.17. The fraction of sp³-hybridized carbons (Fsp3) is 0.273. The maximum atomic E-state index is 10.1. The van der Waals surface area contributed by atoms with E-state index in [1.807, 2.05) is 0 Å². The molecule has 1 atom stereocenters. The number of rotatable bonds is 5. The molecular weight excluding hydrogens is 256 g/mol. The maximum Gasteiger partial charge on any atom is 0.354 e. The molecule has 0 fully saturated rings. The lowest BCUT2D eigenvalue weighted by molar-refractivity contribution is -0.139. The lowest BCUT2D eigenvalue weighted by Gasteiger charge is -2.01. The van der Waals surface area contributed by atoms with E-state index in [9.17, 15) is 14.4 Å². The minimum absolute atomic E-state index is 0.0231. The van der Waals surface area contributed by atoms with Crippen molar-refractivity contribution in [1.82, 2.24) is 4.98 Å². The standard InChI is InChI=1S/C6H5NO2.C5H9NO4/c8-6(9)5-3-1-2-4-7-5;6-3(5(9)10)1-2-4(7)8/h1-4H,(H,8,9);3H,1-2,6H2,(H,7,8)(H,9,10). The van der Waals surface area contributed by atoms with Gasteiger partial charge in [0.25, 0.3) is 0 Å². The fourth-order valence-corrected chi connectivity index (χ4v) is 0.892. The monoisotopic (exact) mass is 270 g/mol. The third-order valence-corrected chi connectivity index (χ3v) is 1.87. The van der Waals surface area contributed by atoms with E-state index in [1.165, 1.54) is 12.3 Å². The van der Waals surface area contributed by atoms with Crippen molar-refractivity contribution < 1.29 is 29.7 Å². The number of pyridine rings is 1. The molecule has 19 heavy (non-hydrogen) atoms. The summed E-state index contributed by atoms with van der Waals surface area (Å²) in [6.45, 7) is 0. The molecule has 1 rings (SSSR count). The molecule has 0 aliphatic heterocycles. The van der Waals surface area contributed by atoms with Gasteiger partial charge >= 0.3 is 17.9 Å². The Morgan fingerprint density at radius 2 is 1.84 bits per heavy atom. The summed E-state index contributed by atoms with van der Waals surface area (Å²) in [7, 11) is 0. The molecule has 1 unspecified atom stereocenters. The molecule has 0 bridgehead atoms. The van der Waals surface area contributed by atoms with Crippen LogP contribution in [-0.2, 0) is 9.59 Å². The molecule has 0 aliphatic carbocycles. The predicted molar refractivity (Wildman–Crippen MR) is 63.7 cm³/mol. The molecule has 1 heterocycles. The van der Waals surface area contributed by atoms with E-state index in [2.05, 4.69) is 4.98 Å². The van der Waals surface area contributed by atoms with Gasteiger partial charge < -0.3 is 21.1 Å². The fourth-order valence-electron chi connectivity index (χ4n) is 0.892. The van der Waals surface area contributed by atoms with Gasteiger partial charge in [-0.25, -0.2) is 9.78 Å². The number of nitrogens with two attached hydrogens (primary N) is 1. The lowest BCUT2D eigenvalue weighted by Crippen LogP contribution is -2.30. The number of hydrogen-bond acceptors (Lipinski definition) is 5. The first-order valence-corrected chi connectivity index (χ1v) is 5.19. The van der Waals surface area contributed by atoms with E-state index in [4.69, 9.17) is 21.1 Å². The number of carboxylic acid groups (broad SMARTS) is 3. The van der Waals surface area contributed by atoms with Gasteiger partial charge in [-0.2, -0.15) is 0 Å². The summed E-state index contributed by atoms with van der Waals surface area (Å²) < 4.78 is 0. The van der Waals surface area contributed by atoms with Crippen molar-refractivity contribution in [1.29, 1.82) is 0 Å². The Bertz CT molecular complexity index is 434. The molecule has 0 saturated carbocycles. The van der Waals surface area contributed by atoms with E-state index >= 15 is 0 Å². The summed E-state index contributed by atoms with van der Waals surface area (Å²) >= 11 is 0. The Kier molecular flexibility index (Phi) is 7.47. The lowest BCUT2D eigenvalue weighted by atomic mass is 10.2. The SMILES string of the molecule is NC(CCC(=O)O)C(=O)O.O=C(O)c1ccccn1. The molecular formula is C11H14N2O6. The summed E-state index contributed by atoms with van der Waals surface area (Å²) in [5.41, 5.74) is 5.08. The third-order valence-electron chi connectivity index (χ3n) is 1.87. The maximum absolute atomic E-state index is 10.1. The van der Waals surface area contributed by atoms with Gasteiger partial charge in [0.2, 0.25) is 0 Å². The molecule has 0 aliphatic rings. The van der Waals surface area contributed by atoms with Gasteiger partial charge in [-0.1, -0.05) is 6.07 Å². The zero-order valence-corrected chi connectivity index (χ0v) is 9.89. The molecule has 5 N–H and O–H groups in total. The van der Waals surface area contributed by atoms with Crippen molar-refractivity contribution in [2.24, 2.45) is 5.73 Å². The summed E-state index contributed by atoms with van der Waals surface area (Å²) in [6, 6.07) is 3.70. The largest absolute Gasteiger partial charge is 0.481 e. The van der Waals surface area contributed by atoms with Crippen molar-refractivity contribution in [3.8, 4) is 0 Å². The molecule has 0 saturated heterocycles. The first kappa shape index (κ1) is 16.5. The van der Waals surface area contributed by atoms with Crippen LogP contribution in [0.3, 0.4) is 0 Å². The number of nitrogens with zero attached hydrogens (tertiary/aromatic N) is 1. The Labute approximate surface area is 108 Å². The zero-order valence-electron chi connectivity index (χ0n) is 9.89. The molecule has 1 aromatic rings. The first-order valence-electron chi connectivity index (χ1n) is 5.19. The smallest absolute Gasteiger partial charge is 0.354 e. The quantitative estimate of drug-likeness (QED) is 0.585. The first-order chi connectivity index (χ1) is 8.84. The summed E-state index contributed by atoms with van der Waals surface area (Å²) in [4.78, 5) is 33.6. The zero-order chi connectivity index (χ0) is 14.8. The summed E-state index contributed by atoms with van der Waals surface area (Å²) in [5, 5.41) is 24.6. The normalized spacial score (nSPS) is 10.8. The Balaban J connectivity index is 0.000000342. The van der Waals surface area contributed by atoms with Gasteiger partial charge in [0.05, 0.1) is 0 Å². The van der Waals surface area contributed by atoms with Crippen LogP contribution in [0, 0.1) is 0 Å². The molecule has 0 spiro atoms. The second-order valence-corrected chi connectivity index (χ2v) is 3.40. The summed E-state index contributed by atoms with van der Waals surface area (Å²) in [5.74, 6) is -3.19. The van der Waals surface area contributed by atoms with Crippen LogP contribution in [0.5, 0.6) is 0 Å². The van der Waals surface area contributed by atoms with Crippen LogP contribution in [0.4, 0.5) is 0 Å². The van der Waals surface area contributed by atoms with Crippen molar-refractivity contribution in [2.45, 2.75) is 18.9 Å². The molecule has 0 radical (unpaired) electrons. The van der Waals surface area contributed by atoms with Crippen LogP contribution in [-0.4, -0.2) is 44.3 Å². The van der Waals surface area contributed by atoms with Gasteiger partial charge in [-0.05, 0) is 18.6 Å². The average Bonchev–Trinajstić information content (AvgIpc) is 2.37.